The molecule has 3 heterocycles. The van der Waals surface area contributed by atoms with E-state index in [2.05, 4.69) is 34.7 Å². The maximum Gasteiger partial charge on any atom is 0.252 e. The van der Waals surface area contributed by atoms with Crippen molar-refractivity contribution in [3.63, 3.8) is 0 Å². The van der Waals surface area contributed by atoms with E-state index in [4.69, 9.17) is 0 Å². The molecule has 0 unspecified atom stereocenters. The van der Waals surface area contributed by atoms with Crippen molar-refractivity contribution in [1.82, 2.24) is 24.9 Å². The number of carbonyl (C=O) groups is 1. The summed E-state index contributed by atoms with van der Waals surface area (Å²) in [5, 5.41) is 15.0. The Morgan fingerprint density at radius 1 is 1.38 bits per heavy atom. The molecule has 7 nitrogen and oxygen atoms in total. The molecule has 0 aliphatic carbocycles. The minimum absolute atomic E-state index is 0. The van der Waals surface area contributed by atoms with Crippen LogP contribution in [0.4, 0.5) is 5.69 Å². The first-order valence-corrected chi connectivity index (χ1v) is 8.15. The van der Waals surface area contributed by atoms with Crippen LogP contribution in [0.5, 0.6) is 0 Å². The van der Waals surface area contributed by atoms with E-state index in [1.54, 1.807) is 17.1 Å². The average molecular weight is 353 g/mol. The fraction of sp³-hybridized carbons (Fsp3) is 0.562. The molecule has 0 aromatic carbocycles. The Hall–Kier alpha value is -1.86. The third-order valence-corrected chi connectivity index (χ3v) is 4.24. The van der Waals surface area contributed by atoms with Gasteiger partial charge in [-0.2, -0.15) is 10.2 Å². The molecular weight excluding hydrogens is 328 g/mol. The van der Waals surface area contributed by atoms with Crippen LogP contribution in [0.25, 0.3) is 0 Å². The van der Waals surface area contributed by atoms with Crippen LogP contribution < -0.4 is 10.6 Å². The Balaban J connectivity index is 0.00000208. The van der Waals surface area contributed by atoms with Crippen molar-refractivity contribution in [3.05, 3.63) is 30.9 Å². The molecule has 0 saturated carbocycles. The lowest BCUT2D eigenvalue weighted by molar-refractivity contribution is -0.126. The second-order valence-corrected chi connectivity index (χ2v) is 6.53. The van der Waals surface area contributed by atoms with Crippen LogP contribution in [0, 0.1) is 5.92 Å². The van der Waals surface area contributed by atoms with Gasteiger partial charge in [0, 0.05) is 25.1 Å². The number of piperidine rings is 1. The highest BCUT2D eigenvalue weighted by atomic mass is 35.5. The van der Waals surface area contributed by atoms with Gasteiger partial charge in [0.2, 0.25) is 0 Å². The minimum atomic E-state index is -0.630. The highest BCUT2D eigenvalue weighted by Crippen LogP contribution is 2.28. The van der Waals surface area contributed by atoms with Crippen molar-refractivity contribution in [2.24, 2.45) is 5.92 Å². The second kappa shape index (κ2) is 7.81. The molecule has 1 fully saturated rings. The summed E-state index contributed by atoms with van der Waals surface area (Å²) >= 11 is 0. The Morgan fingerprint density at radius 2 is 2.12 bits per heavy atom. The number of nitrogens with one attached hydrogen (secondary N) is 2. The number of aromatic nitrogens is 4. The van der Waals surface area contributed by atoms with E-state index < -0.39 is 5.54 Å². The number of rotatable bonds is 5. The van der Waals surface area contributed by atoms with E-state index in [1.807, 2.05) is 23.1 Å². The third kappa shape index (κ3) is 3.79. The topological polar surface area (TPSA) is 76.8 Å². The van der Waals surface area contributed by atoms with Crippen LogP contribution in [0.2, 0.25) is 0 Å². The predicted molar refractivity (Wildman–Crippen MR) is 95.2 cm³/mol. The van der Waals surface area contributed by atoms with Crippen LogP contribution in [-0.4, -0.2) is 38.6 Å². The van der Waals surface area contributed by atoms with Gasteiger partial charge in [0.25, 0.3) is 5.91 Å². The van der Waals surface area contributed by atoms with Gasteiger partial charge in [-0.15, -0.1) is 12.4 Å². The predicted octanol–water partition coefficient (Wildman–Crippen LogP) is 1.87. The first kappa shape index (κ1) is 18.5. The number of nitrogens with zero attached hydrogens (tertiary/aromatic N) is 4. The van der Waals surface area contributed by atoms with Crippen LogP contribution in [0.1, 0.15) is 26.7 Å². The number of anilines is 1. The van der Waals surface area contributed by atoms with Gasteiger partial charge in [0.1, 0.15) is 5.54 Å². The molecule has 0 spiro atoms. The van der Waals surface area contributed by atoms with Crippen LogP contribution in [0.15, 0.2) is 30.9 Å². The van der Waals surface area contributed by atoms with Crippen molar-refractivity contribution in [3.8, 4) is 0 Å². The van der Waals surface area contributed by atoms with E-state index >= 15 is 0 Å². The zero-order valence-electron chi connectivity index (χ0n) is 14.1. The van der Waals surface area contributed by atoms with Gasteiger partial charge in [-0.1, -0.05) is 13.8 Å². The average Bonchev–Trinajstić information content (AvgIpc) is 3.19. The molecular formula is C16H25ClN6O. The summed E-state index contributed by atoms with van der Waals surface area (Å²) in [5.74, 6) is 0.491. The third-order valence-electron chi connectivity index (χ3n) is 4.24. The maximum atomic E-state index is 13.0. The summed E-state index contributed by atoms with van der Waals surface area (Å²) in [5.41, 5.74) is 0.107. The summed E-state index contributed by atoms with van der Waals surface area (Å²) < 4.78 is 3.66. The highest BCUT2D eigenvalue weighted by molar-refractivity contribution is 5.96. The zero-order chi connectivity index (χ0) is 16.3. The molecule has 0 radical (unpaired) electrons. The molecule has 3 rings (SSSR count). The van der Waals surface area contributed by atoms with Gasteiger partial charge in [-0.25, -0.2) is 0 Å². The molecule has 1 aliphatic heterocycles. The number of hydrogen-bond donors (Lipinski definition) is 2. The number of hydrogen-bond acceptors (Lipinski definition) is 4. The Bertz CT molecular complexity index is 645. The van der Waals surface area contributed by atoms with E-state index in [-0.39, 0.29) is 18.3 Å². The number of carbonyl (C=O) groups excluding carboxylic acids is 1. The van der Waals surface area contributed by atoms with Crippen molar-refractivity contribution >= 4 is 24.0 Å². The van der Waals surface area contributed by atoms with Gasteiger partial charge in [-0.3, -0.25) is 14.2 Å². The first-order chi connectivity index (χ1) is 11.1. The number of halogens is 1. The van der Waals surface area contributed by atoms with Crippen molar-refractivity contribution in [2.45, 2.75) is 38.8 Å². The number of amides is 1. The fourth-order valence-corrected chi connectivity index (χ4v) is 3.07. The fourth-order valence-electron chi connectivity index (χ4n) is 3.07. The van der Waals surface area contributed by atoms with Gasteiger partial charge in [0.05, 0.1) is 11.9 Å². The zero-order valence-corrected chi connectivity index (χ0v) is 14.9. The normalized spacial score (nSPS) is 16.6. The minimum Gasteiger partial charge on any atom is -0.321 e. The molecule has 24 heavy (non-hydrogen) atoms. The molecule has 2 aromatic rings. The Labute approximate surface area is 148 Å². The summed E-state index contributed by atoms with van der Waals surface area (Å²) in [6.07, 6.45) is 8.63. The van der Waals surface area contributed by atoms with Gasteiger partial charge < -0.3 is 10.6 Å². The molecule has 1 aliphatic rings. The lowest BCUT2D eigenvalue weighted by atomic mass is 9.87. The second-order valence-electron chi connectivity index (χ2n) is 6.53. The van der Waals surface area contributed by atoms with Crippen molar-refractivity contribution in [2.75, 3.05) is 18.4 Å². The SMILES string of the molecule is CC(C)Cn1cc(NC(=O)C2(n3cccn3)CCNCC2)cn1.Cl. The van der Waals surface area contributed by atoms with E-state index in [1.165, 1.54) is 0 Å². The molecule has 132 valence electrons. The van der Waals surface area contributed by atoms with Gasteiger partial charge in [0.15, 0.2) is 0 Å². The molecule has 0 bridgehead atoms. The van der Waals surface area contributed by atoms with Crippen LogP contribution in [0.3, 0.4) is 0 Å². The van der Waals surface area contributed by atoms with Crippen molar-refractivity contribution < 1.29 is 4.79 Å². The van der Waals surface area contributed by atoms with Crippen LogP contribution >= 0.6 is 12.4 Å². The Kier molecular flexibility index (Phi) is 6.01. The summed E-state index contributed by atoms with van der Waals surface area (Å²) in [6.45, 7) is 6.73. The first-order valence-electron chi connectivity index (χ1n) is 8.15. The summed E-state index contributed by atoms with van der Waals surface area (Å²) in [4.78, 5) is 13.0. The standard InChI is InChI=1S/C16H24N6O.ClH/c1-13(2)11-21-12-14(10-19-21)20-15(23)16(4-7-17-8-5-16)22-9-3-6-18-22;/h3,6,9-10,12-13,17H,4-5,7-8,11H2,1-2H3,(H,20,23);1H. The Morgan fingerprint density at radius 3 is 2.75 bits per heavy atom. The molecule has 1 saturated heterocycles. The lowest BCUT2D eigenvalue weighted by Crippen LogP contribution is -2.52. The smallest absolute Gasteiger partial charge is 0.252 e. The van der Waals surface area contributed by atoms with E-state index in [0.717, 1.165) is 38.2 Å². The van der Waals surface area contributed by atoms with E-state index in [9.17, 15) is 4.79 Å². The monoisotopic (exact) mass is 352 g/mol. The molecule has 2 N–H and O–H groups in total. The molecule has 1 amide bonds. The molecule has 8 heteroatoms. The van der Waals surface area contributed by atoms with Crippen molar-refractivity contribution in [1.29, 1.82) is 0 Å². The summed E-state index contributed by atoms with van der Waals surface area (Å²) in [7, 11) is 0. The lowest BCUT2D eigenvalue weighted by Gasteiger charge is -2.36. The molecule has 2 aromatic heterocycles. The van der Waals surface area contributed by atoms with Crippen LogP contribution in [-0.2, 0) is 16.9 Å². The molecule has 0 atom stereocenters. The largest absolute Gasteiger partial charge is 0.321 e. The highest BCUT2D eigenvalue weighted by Gasteiger charge is 2.42. The van der Waals surface area contributed by atoms with Gasteiger partial charge >= 0.3 is 0 Å². The quantitative estimate of drug-likeness (QED) is 0.861. The van der Waals surface area contributed by atoms with Gasteiger partial charge in [-0.05, 0) is 37.9 Å². The van der Waals surface area contributed by atoms with E-state index in [0.29, 0.717) is 5.92 Å². The maximum absolute atomic E-state index is 13.0. The summed E-state index contributed by atoms with van der Waals surface area (Å²) in [6, 6.07) is 1.86.